The van der Waals surface area contributed by atoms with Gasteiger partial charge in [-0.1, -0.05) is 35.3 Å². The lowest BCUT2D eigenvalue weighted by Gasteiger charge is -2.22. The third kappa shape index (κ3) is 5.98. The topological polar surface area (TPSA) is 70.4 Å². The van der Waals surface area contributed by atoms with Gasteiger partial charge in [-0.05, 0) is 49.2 Å². The van der Waals surface area contributed by atoms with Crippen LogP contribution >= 0.6 is 23.2 Å². The fourth-order valence-electron chi connectivity index (χ4n) is 2.78. The van der Waals surface area contributed by atoms with Gasteiger partial charge in [0.05, 0.1) is 18.9 Å². The molecule has 0 aliphatic carbocycles. The largest absolute Gasteiger partial charge is 0.455 e. The molecule has 28 heavy (non-hydrogen) atoms. The molecule has 5 nitrogen and oxygen atoms in total. The number of aryl methyl sites for hydroxylation is 2. The highest BCUT2D eigenvalue weighted by Crippen LogP contribution is 2.25. The van der Waals surface area contributed by atoms with Gasteiger partial charge in [-0.25, -0.2) is 0 Å². The minimum atomic E-state index is -0.607. The number of carbonyl (C=O) groups excluding carboxylic acids is 2. The number of benzene rings is 2. The predicted octanol–water partition coefficient (Wildman–Crippen LogP) is 4.64. The number of ether oxygens (including phenoxy) is 1. The van der Waals surface area contributed by atoms with Crippen LogP contribution in [0.15, 0.2) is 36.4 Å². The van der Waals surface area contributed by atoms with Crippen LogP contribution in [0, 0.1) is 25.2 Å². The molecule has 0 aromatic heterocycles. The van der Waals surface area contributed by atoms with E-state index in [4.69, 9.17) is 33.2 Å². The third-order valence-corrected chi connectivity index (χ3v) is 4.71. The monoisotopic (exact) mass is 418 g/mol. The molecule has 0 heterocycles. The van der Waals surface area contributed by atoms with Crippen LogP contribution in [0.1, 0.15) is 23.1 Å². The van der Waals surface area contributed by atoms with Crippen LogP contribution in [0.3, 0.4) is 0 Å². The first-order valence-electron chi connectivity index (χ1n) is 8.66. The fourth-order valence-corrected chi connectivity index (χ4v) is 3.31. The van der Waals surface area contributed by atoms with Crippen molar-refractivity contribution in [2.24, 2.45) is 0 Å². The minimum absolute atomic E-state index is 0.131. The van der Waals surface area contributed by atoms with E-state index in [1.54, 1.807) is 18.2 Å². The first kappa shape index (κ1) is 21.7. The summed E-state index contributed by atoms with van der Waals surface area (Å²) in [4.78, 5) is 26.2. The second-order valence-corrected chi connectivity index (χ2v) is 7.15. The molecule has 7 heteroatoms. The number of hydrogen-bond acceptors (Lipinski definition) is 4. The Balaban J connectivity index is 2.07. The van der Waals surface area contributed by atoms with Crippen LogP contribution in [-0.4, -0.2) is 25.0 Å². The minimum Gasteiger partial charge on any atom is -0.455 e. The van der Waals surface area contributed by atoms with E-state index >= 15 is 0 Å². The number of nitrogens with zero attached hydrogens (tertiary/aromatic N) is 2. The Morgan fingerprint density at radius 3 is 2.29 bits per heavy atom. The van der Waals surface area contributed by atoms with Gasteiger partial charge in [0.2, 0.25) is 0 Å². The van der Waals surface area contributed by atoms with Gasteiger partial charge < -0.3 is 9.64 Å². The molecule has 2 rings (SSSR count). The van der Waals surface area contributed by atoms with E-state index in [0.717, 1.165) is 11.1 Å². The van der Waals surface area contributed by atoms with Crippen LogP contribution in [0.2, 0.25) is 10.0 Å². The maximum absolute atomic E-state index is 12.7. The van der Waals surface area contributed by atoms with Crippen molar-refractivity contribution < 1.29 is 14.3 Å². The molecular weight excluding hydrogens is 399 g/mol. The zero-order chi connectivity index (χ0) is 20.7. The van der Waals surface area contributed by atoms with Crippen molar-refractivity contribution in [3.05, 3.63) is 63.1 Å². The molecule has 0 saturated carbocycles. The lowest BCUT2D eigenvalue weighted by molar-refractivity contribution is -0.147. The number of nitriles is 1. The van der Waals surface area contributed by atoms with E-state index in [-0.39, 0.29) is 19.4 Å². The first-order chi connectivity index (χ1) is 13.3. The van der Waals surface area contributed by atoms with Crippen molar-refractivity contribution in [2.75, 3.05) is 18.1 Å². The van der Waals surface area contributed by atoms with E-state index in [1.807, 2.05) is 38.1 Å². The number of carbonyl (C=O) groups is 2. The summed E-state index contributed by atoms with van der Waals surface area (Å²) in [6.45, 7) is 3.64. The molecule has 0 bridgehead atoms. The van der Waals surface area contributed by atoms with Gasteiger partial charge in [-0.15, -0.1) is 0 Å². The molecule has 0 saturated heterocycles. The molecule has 0 aliphatic rings. The Hall–Kier alpha value is -2.55. The zero-order valence-corrected chi connectivity index (χ0v) is 17.2. The second-order valence-electron chi connectivity index (χ2n) is 6.34. The highest BCUT2D eigenvalue weighted by molar-refractivity contribution is 6.36. The van der Waals surface area contributed by atoms with E-state index < -0.39 is 18.5 Å². The molecule has 146 valence electrons. The van der Waals surface area contributed by atoms with Crippen LogP contribution in [-0.2, 0) is 20.7 Å². The van der Waals surface area contributed by atoms with E-state index in [2.05, 4.69) is 0 Å². The van der Waals surface area contributed by atoms with Crippen molar-refractivity contribution >= 4 is 40.8 Å². The Labute approximate surface area is 174 Å². The standard InChI is InChI=1S/C21H20Cl2N2O3/c1-14-9-15(2)11-16(10-14)25(8-4-7-24)20(26)13-28-21(27)12-17-18(22)5-3-6-19(17)23/h3,5-6,9-11H,4,8,12-13H2,1-2H3. The van der Waals surface area contributed by atoms with Gasteiger partial charge in [0.25, 0.3) is 5.91 Å². The Kier molecular flexibility index (Phi) is 7.86. The molecule has 0 N–H and O–H groups in total. The van der Waals surface area contributed by atoms with E-state index in [9.17, 15) is 9.59 Å². The number of anilines is 1. The van der Waals surface area contributed by atoms with Crippen LogP contribution < -0.4 is 4.90 Å². The van der Waals surface area contributed by atoms with Crippen molar-refractivity contribution in [1.29, 1.82) is 5.26 Å². The van der Waals surface area contributed by atoms with E-state index in [0.29, 0.717) is 21.3 Å². The molecular formula is C21H20Cl2N2O3. The zero-order valence-electron chi connectivity index (χ0n) is 15.7. The lowest BCUT2D eigenvalue weighted by atomic mass is 10.1. The highest BCUT2D eigenvalue weighted by Gasteiger charge is 2.19. The van der Waals surface area contributed by atoms with Crippen molar-refractivity contribution in [2.45, 2.75) is 26.7 Å². The summed E-state index contributed by atoms with van der Waals surface area (Å²) in [5, 5.41) is 9.61. The van der Waals surface area contributed by atoms with Gasteiger partial charge in [-0.2, -0.15) is 5.26 Å². The molecule has 2 aromatic rings. The third-order valence-electron chi connectivity index (χ3n) is 4.01. The lowest BCUT2D eigenvalue weighted by Crippen LogP contribution is -2.35. The predicted molar refractivity (Wildman–Crippen MR) is 110 cm³/mol. The summed E-state index contributed by atoms with van der Waals surface area (Å²) in [5.41, 5.74) is 3.12. The highest BCUT2D eigenvalue weighted by atomic mass is 35.5. The smallest absolute Gasteiger partial charge is 0.310 e. The van der Waals surface area contributed by atoms with Crippen LogP contribution in [0.25, 0.3) is 0 Å². The van der Waals surface area contributed by atoms with Crippen molar-refractivity contribution in [1.82, 2.24) is 0 Å². The second kappa shape index (κ2) is 10.1. The number of amides is 1. The van der Waals surface area contributed by atoms with Gasteiger partial charge in [0.15, 0.2) is 6.61 Å². The molecule has 2 aromatic carbocycles. The van der Waals surface area contributed by atoms with Crippen molar-refractivity contribution in [3.63, 3.8) is 0 Å². The van der Waals surface area contributed by atoms with Crippen LogP contribution in [0.4, 0.5) is 5.69 Å². The van der Waals surface area contributed by atoms with Crippen LogP contribution in [0.5, 0.6) is 0 Å². The summed E-state index contributed by atoms with van der Waals surface area (Å²) >= 11 is 12.1. The van der Waals surface area contributed by atoms with Gasteiger partial charge in [-0.3, -0.25) is 9.59 Å². The normalized spacial score (nSPS) is 10.2. The molecule has 0 spiro atoms. The molecule has 0 unspecified atom stereocenters. The fraction of sp³-hybridized carbons (Fsp3) is 0.286. The first-order valence-corrected chi connectivity index (χ1v) is 9.41. The number of hydrogen-bond donors (Lipinski definition) is 0. The number of esters is 1. The number of rotatable bonds is 7. The van der Waals surface area contributed by atoms with Gasteiger partial charge in [0, 0.05) is 27.8 Å². The molecule has 0 atom stereocenters. The van der Waals surface area contributed by atoms with Gasteiger partial charge in [0.1, 0.15) is 0 Å². The molecule has 0 aliphatic heterocycles. The average molecular weight is 419 g/mol. The SMILES string of the molecule is Cc1cc(C)cc(N(CCC#N)C(=O)COC(=O)Cc2c(Cl)cccc2Cl)c1. The summed E-state index contributed by atoms with van der Waals surface area (Å²) < 4.78 is 5.13. The maximum atomic E-state index is 12.7. The summed E-state index contributed by atoms with van der Waals surface area (Å²) in [6, 6.07) is 12.7. The Bertz CT molecular complexity index is 882. The summed E-state index contributed by atoms with van der Waals surface area (Å²) in [6.07, 6.45) is 0.0371. The summed E-state index contributed by atoms with van der Waals surface area (Å²) in [5.74, 6) is -1.01. The van der Waals surface area contributed by atoms with Gasteiger partial charge >= 0.3 is 5.97 Å². The quantitative estimate of drug-likeness (QED) is 0.613. The molecule has 1 amide bonds. The maximum Gasteiger partial charge on any atom is 0.310 e. The number of halogens is 2. The van der Waals surface area contributed by atoms with E-state index in [1.165, 1.54) is 4.90 Å². The van der Waals surface area contributed by atoms with Crippen molar-refractivity contribution in [3.8, 4) is 6.07 Å². The molecule has 0 radical (unpaired) electrons. The summed E-state index contributed by atoms with van der Waals surface area (Å²) in [7, 11) is 0. The Morgan fingerprint density at radius 2 is 1.71 bits per heavy atom. The average Bonchev–Trinajstić information content (AvgIpc) is 2.62. The Morgan fingerprint density at radius 1 is 1.11 bits per heavy atom. The molecule has 0 fully saturated rings.